The van der Waals surface area contributed by atoms with Gasteiger partial charge in [-0.3, -0.25) is 4.79 Å². The largest absolute Gasteiger partial charge is 0.493 e. The zero-order valence-corrected chi connectivity index (χ0v) is 11.4. The first-order valence-corrected chi connectivity index (χ1v) is 5.59. The SMILES string of the molecule is COC(=O)c1ccc(OCC(=O)N(C)C)c(OC)c1. The fourth-order valence-electron chi connectivity index (χ4n) is 1.30. The van der Waals surface area contributed by atoms with Gasteiger partial charge in [0.1, 0.15) is 0 Å². The summed E-state index contributed by atoms with van der Waals surface area (Å²) in [6.07, 6.45) is 0. The number of hydrogen-bond donors (Lipinski definition) is 0. The maximum atomic E-state index is 11.4. The molecular weight excluding hydrogens is 250 g/mol. The summed E-state index contributed by atoms with van der Waals surface area (Å²) >= 11 is 0. The third kappa shape index (κ3) is 3.87. The summed E-state index contributed by atoms with van der Waals surface area (Å²) < 4.78 is 15.1. The van der Waals surface area contributed by atoms with E-state index < -0.39 is 5.97 Å². The molecule has 0 atom stereocenters. The van der Waals surface area contributed by atoms with Crippen molar-refractivity contribution >= 4 is 11.9 Å². The minimum Gasteiger partial charge on any atom is -0.493 e. The van der Waals surface area contributed by atoms with E-state index in [4.69, 9.17) is 9.47 Å². The average molecular weight is 267 g/mol. The van der Waals surface area contributed by atoms with Crippen LogP contribution in [0.5, 0.6) is 11.5 Å². The third-order valence-electron chi connectivity index (χ3n) is 2.43. The molecule has 0 unspecified atom stereocenters. The minimum absolute atomic E-state index is 0.0963. The number of likely N-dealkylation sites (N-methyl/N-ethyl adjacent to an activating group) is 1. The van der Waals surface area contributed by atoms with Crippen molar-refractivity contribution in [1.82, 2.24) is 4.90 Å². The van der Waals surface area contributed by atoms with E-state index in [9.17, 15) is 9.59 Å². The summed E-state index contributed by atoms with van der Waals surface area (Å²) in [5.74, 6) is 0.133. The van der Waals surface area contributed by atoms with E-state index in [0.717, 1.165) is 0 Å². The lowest BCUT2D eigenvalue weighted by atomic mass is 10.2. The summed E-state index contributed by atoms with van der Waals surface area (Å²) in [6, 6.07) is 4.61. The molecule has 0 aliphatic heterocycles. The van der Waals surface area contributed by atoms with Crippen LogP contribution >= 0.6 is 0 Å². The van der Waals surface area contributed by atoms with Crippen LogP contribution in [0.15, 0.2) is 18.2 Å². The van der Waals surface area contributed by atoms with Crippen LogP contribution in [-0.2, 0) is 9.53 Å². The molecule has 1 aromatic carbocycles. The number of hydrogen-bond acceptors (Lipinski definition) is 5. The smallest absolute Gasteiger partial charge is 0.337 e. The lowest BCUT2D eigenvalue weighted by Crippen LogP contribution is -2.27. The molecule has 104 valence electrons. The van der Waals surface area contributed by atoms with Crippen molar-refractivity contribution in [1.29, 1.82) is 0 Å². The lowest BCUT2D eigenvalue weighted by molar-refractivity contribution is -0.130. The molecule has 0 fully saturated rings. The van der Waals surface area contributed by atoms with Crippen LogP contribution in [0.3, 0.4) is 0 Å². The second kappa shape index (κ2) is 6.63. The van der Waals surface area contributed by atoms with Gasteiger partial charge in [0.2, 0.25) is 0 Å². The highest BCUT2D eigenvalue weighted by atomic mass is 16.5. The molecule has 0 saturated carbocycles. The normalized spacial score (nSPS) is 9.68. The van der Waals surface area contributed by atoms with Crippen LogP contribution in [0.1, 0.15) is 10.4 Å². The number of carbonyl (C=O) groups is 2. The molecule has 6 nitrogen and oxygen atoms in total. The van der Waals surface area contributed by atoms with Crippen LogP contribution in [0.4, 0.5) is 0 Å². The number of methoxy groups -OCH3 is 2. The highest BCUT2D eigenvalue weighted by Crippen LogP contribution is 2.28. The first kappa shape index (κ1) is 14.8. The Morgan fingerprint density at radius 3 is 2.37 bits per heavy atom. The standard InChI is InChI=1S/C13H17NO5/c1-14(2)12(15)8-19-10-6-5-9(13(16)18-4)7-11(10)17-3/h5-7H,8H2,1-4H3. The third-order valence-corrected chi connectivity index (χ3v) is 2.43. The molecule has 0 aliphatic rings. The van der Waals surface area contributed by atoms with Crippen molar-refractivity contribution < 1.29 is 23.8 Å². The Bertz CT molecular complexity index is 470. The quantitative estimate of drug-likeness (QED) is 0.743. The van der Waals surface area contributed by atoms with E-state index in [2.05, 4.69) is 4.74 Å². The van der Waals surface area contributed by atoms with Crippen LogP contribution in [-0.4, -0.2) is 51.7 Å². The van der Waals surface area contributed by atoms with E-state index in [-0.39, 0.29) is 12.5 Å². The van der Waals surface area contributed by atoms with Gasteiger partial charge < -0.3 is 19.1 Å². The number of amides is 1. The molecule has 0 radical (unpaired) electrons. The van der Waals surface area contributed by atoms with Gasteiger partial charge in [0.05, 0.1) is 19.8 Å². The van der Waals surface area contributed by atoms with Gasteiger partial charge in [0, 0.05) is 14.1 Å². The highest BCUT2D eigenvalue weighted by Gasteiger charge is 2.13. The number of ether oxygens (including phenoxy) is 3. The van der Waals surface area contributed by atoms with Crippen molar-refractivity contribution in [2.24, 2.45) is 0 Å². The first-order chi connectivity index (χ1) is 8.99. The van der Waals surface area contributed by atoms with E-state index in [0.29, 0.717) is 17.1 Å². The number of nitrogens with zero attached hydrogens (tertiary/aromatic N) is 1. The molecule has 0 aliphatic carbocycles. The summed E-state index contributed by atoms with van der Waals surface area (Å²) in [5.41, 5.74) is 0.352. The molecule has 1 amide bonds. The minimum atomic E-state index is -0.464. The van der Waals surface area contributed by atoms with Gasteiger partial charge >= 0.3 is 5.97 Å². The monoisotopic (exact) mass is 267 g/mol. The maximum Gasteiger partial charge on any atom is 0.337 e. The molecule has 0 N–H and O–H groups in total. The van der Waals surface area contributed by atoms with Gasteiger partial charge in [-0.2, -0.15) is 0 Å². The van der Waals surface area contributed by atoms with Crippen LogP contribution in [0.25, 0.3) is 0 Å². The second-order valence-corrected chi connectivity index (χ2v) is 3.93. The molecule has 0 spiro atoms. The lowest BCUT2D eigenvalue weighted by Gasteiger charge is -2.14. The molecule has 0 saturated heterocycles. The predicted molar refractivity (Wildman–Crippen MR) is 68.5 cm³/mol. The molecule has 0 heterocycles. The molecule has 1 rings (SSSR count). The summed E-state index contributed by atoms with van der Waals surface area (Å²) in [4.78, 5) is 24.2. The van der Waals surface area contributed by atoms with Crippen LogP contribution in [0, 0.1) is 0 Å². The average Bonchev–Trinajstić information content (AvgIpc) is 2.43. The van der Waals surface area contributed by atoms with E-state index in [1.165, 1.54) is 25.2 Å². The predicted octanol–water partition coefficient (Wildman–Crippen LogP) is 0.949. The molecular formula is C13H17NO5. The molecule has 19 heavy (non-hydrogen) atoms. The zero-order chi connectivity index (χ0) is 14.4. The Kier molecular flexibility index (Phi) is 5.17. The molecule has 0 aromatic heterocycles. The zero-order valence-electron chi connectivity index (χ0n) is 11.4. The van der Waals surface area contributed by atoms with Crippen molar-refractivity contribution in [2.45, 2.75) is 0 Å². The van der Waals surface area contributed by atoms with E-state index in [1.807, 2.05) is 0 Å². The van der Waals surface area contributed by atoms with Crippen molar-refractivity contribution in [3.05, 3.63) is 23.8 Å². The van der Waals surface area contributed by atoms with Crippen molar-refractivity contribution in [3.63, 3.8) is 0 Å². The van der Waals surface area contributed by atoms with E-state index >= 15 is 0 Å². The summed E-state index contributed by atoms with van der Waals surface area (Å²) in [6.45, 7) is -0.0963. The Morgan fingerprint density at radius 2 is 1.84 bits per heavy atom. The van der Waals surface area contributed by atoms with Crippen molar-refractivity contribution in [2.75, 3.05) is 34.9 Å². The van der Waals surface area contributed by atoms with Crippen LogP contribution < -0.4 is 9.47 Å². The van der Waals surface area contributed by atoms with Crippen molar-refractivity contribution in [3.8, 4) is 11.5 Å². The first-order valence-electron chi connectivity index (χ1n) is 5.59. The number of carbonyl (C=O) groups excluding carboxylic acids is 2. The summed E-state index contributed by atoms with van der Waals surface area (Å²) in [7, 11) is 6.04. The van der Waals surface area contributed by atoms with Gasteiger partial charge in [-0.25, -0.2) is 4.79 Å². The second-order valence-electron chi connectivity index (χ2n) is 3.93. The molecule has 1 aromatic rings. The van der Waals surface area contributed by atoms with Gasteiger partial charge in [0.25, 0.3) is 5.91 Å². The Labute approximate surface area is 111 Å². The maximum absolute atomic E-state index is 11.4. The number of esters is 1. The van der Waals surface area contributed by atoms with Gasteiger partial charge in [0.15, 0.2) is 18.1 Å². The Balaban J connectivity index is 2.84. The fraction of sp³-hybridized carbons (Fsp3) is 0.385. The van der Waals surface area contributed by atoms with Crippen LogP contribution in [0.2, 0.25) is 0 Å². The number of rotatable bonds is 5. The van der Waals surface area contributed by atoms with E-state index in [1.54, 1.807) is 26.2 Å². The highest BCUT2D eigenvalue weighted by molar-refractivity contribution is 5.90. The van der Waals surface area contributed by atoms with Gasteiger partial charge in [-0.15, -0.1) is 0 Å². The fourth-order valence-corrected chi connectivity index (χ4v) is 1.30. The summed E-state index contributed by atoms with van der Waals surface area (Å²) in [5, 5.41) is 0. The number of benzene rings is 1. The molecule has 6 heteroatoms. The Hall–Kier alpha value is -2.24. The van der Waals surface area contributed by atoms with Gasteiger partial charge in [-0.1, -0.05) is 0 Å². The topological polar surface area (TPSA) is 65.1 Å². The van der Waals surface area contributed by atoms with Gasteiger partial charge in [-0.05, 0) is 18.2 Å². The Morgan fingerprint density at radius 1 is 1.16 bits per heavy atom. The molecule has 0 bridgehead atoms.